The predicted molar refractivity (Wildman–Crippen MR) is 155 cm³/mol. The van der Waals surface area contributed by atoms with Crippen LogP contribution in [0.1, 0.15) is 18.4 Å². The van der Waals surface area contributed by atoms with E-state index in [4.69, 9.17) is 9.15 Å². The van der Waals surface area contributed by atoms with Gasteiger partial charge in [0.15, 0.2) is 0 Å². The number of rotatable bonds is 9. The summed E-state index contributed by atoms with van der Waals surface area (Å²) < 4.78 is 12.3. The zero-order valence-electron chi connectivity index (χ0n) is 22.6. The molecule has 0 saturated carbocycles. The summed E-state index contributed by atoms with van der Waals surface area (Å²) in [6, 6.07) is 26.2. The maximum absolute atomic E-state index is 12.7. The molecule has 202 valence electrons. The zero-order chi connectivity index (χ0) is 27.2. The Morgan fingerprint density at radius 3 is 2.51 bits per heavy atom. The Balaban J connectivity index is 1.36. The molecule has 1 aliphatic heterocycles. The molecule has 5 rings (SSSR count). The molecule has 0 saturated heterocycles. The lowest BCUT2D eigenvalue weighted by atomic mass is 10.1. The molecule has 0 radical (unpaired) electrons. The highest BCUT2D eigenvalue weighted by molar-refractivity contribution is 7.98. The van der Waals surface area contributed by atoms with E-state index in [0.29, 0.717) is 28.7 Å². The summed E-state index contributed by atoms with van der Waals surface area (Å²) in [5.74, 6) is 3.35. The maximum atomic E-state index is 12.7. The number of benzene rings is 3. The Morgan fingerprint density at radius 1 is 1.03 bits per heavy atom. The van der Waals surface area contributed by atoms with E-state index >= 15 is 0 Å². The molecule has 3 aromatic carbocycles. The van der Waals surface area contributed by atoms with Crippen LogP contribution in [0.4, 0.5) is 11.4 Å². The first-order chi connectivity index (χ1) is 18.9. The molecule has 0 atom stereocenters. The number of fused-ring (bicyclic) bond motifs is 2. The van der Waals surface area contributed by atoms with Crippen LogP contribution in [0.15, 0.2) is 83.3 Å². The van der Waals surface area contributed by atoms with Crippen molar-refractivity contribution in [2.24, 2.45) is 0 Å². The van der Waals surface area contributed by atoms with Crippen LogP contribution in [-0.2, 0) is 17.1 Å². The first kappa shape index (κ1) is 26.8. The van der Waals surface area contributed by atoms with E-state index in [0.717, 1.165) is 48.1 Å². The third kappa shape index (κ3) is 6.43. The van der Waals surface area contributed by atoms with Crippen molar-refractivity contribution in [2.45, 2.75) is 19.2 Å². The lowest BCUT2D eigenvalue weighted by Gasteiger charge is -2.42. The third-order valence-electron chi connectivity index (χ3n) is 6.70. The number of nitrogens with zero attached hydrogens (tertiary/aromatic N) is 5. The maximum Gasteiger partial charge on any atom is 0.269 e. The number of para-hydroxylation sites is 1. The molecule has 0 fully saturated rings. The molecule has 0 N–H and O–H groups in total. The fraction of sp³-hybridized carbons (Fsp3) is 0.300. The van der Waals surface area contributed by atoms with E-state index in [1.54, 1.807) is 18.7 Å². The Hall–Kier alpha value is -3.82. The minimum Gasteiger partial charge on any atom is -0.493 e. The number of hydrogen-bond donors (Lipinski definition) is 0. The molecule has 4 aromatic rings. The van der Waals surface area contributed by atoms with Gasteiger partial charge in [-0.25, -0.2) is 4.59 Å². The lowest BCUT2D eigenvalue weighted by molar-refractivity contribution is -0.890. The van der Waals surface area contributed by atoms with E-state index in [2.05, 4.69) is 59.5 Å². The highest BCUT2D eigenvalue weighted by atomic mass is 32.2. The normalized spacial score (nSPS) is 14.5. The first-order valence-electron chi connectivity index (χ1n) is 13.1. The van der Waals surface area contributed by atoms with Gasteiger partial charge < -0.3 is 14.1 Å². The van der Waals surface area contributed by atoms with Gasteiger partial charge in [0.2, 0.25) is 11.8 Å². The van der Waals surface area contributed by atoms with Gasteiger partial charge in [0.05, 0.1) is 49.9 Å². The first-order valence-corrected chi connectivity index (χ1v) is 14.2. The van der Waals surface area contributed by atoms with E-state index in [1.807, 2.05) is 53.5 Å². The molecule has 0 spiro atoms. The second-order valence-electron chi connectivity index (χ2n) is 10.00. The second-order valence-corrected chi connectivity index (χ2v) is 11.1. The van der Waals surface area contributed by atoms with E-state index < -0.39 is 0 Å². The van der Waals surface area contributed by atoms with Gasteiger partial charge >= 0.3 is 0 Å². The van der Waals surface area contributed by atoms with Crippen molar-refractivity contribution in [3.63, 3.8) is 0 Å². The van der Waals surface area contributed by atoms with Crippen LogP contribution >= 0.6 is 11.8 Å². The molecule has 2 bridgehead atoms. The van der Waals surface area contributed by atoms with E-state index in [-0.39, 0.29) is 5.91 Å². The van der Waals surface area contributed by atoms with Gasteiger partial charge in [-0.15, -0.1) is 22.0 Å². The minimum atomic E-state index is 0.00329. The number of aromatic nitrogens is 2. The van der Waals surface area contributed by atoms with Crippen LogP contribution in [0.25, 0.3) is 11.5 Å². The molecule has 1 aromatic heterocycles. The largest absolute Gasteiger partial charge is 0.493 e. The zero-order valence-corrected chi connectivity index (χ0v) is 23.4. The molecule has 2 heterocycles. The molecular weight excluding hydrogens is 510 g/mol. The number of carbonyl (C=O) groups excluding carboxylic acids is 1. The van der Waals surface area contributed by atoms with Gasteiger partial charge in [-0.2, -0.15) is 5.01 Å². The van der Waals surface area contributed by atoms with Gasteiger partial charge in [0.25, 0.3) is 5.91 Å². The number of thioether (sulfide) groups is 1. The van der Waals surface area contributed by atoms with Crippen LogP contribution in [0.5, 0.6) is 5.75 Å². The van der Waals surface area contributed by atoms with Gasteiger partial charge in [0, 0.05) is 19.2 Å². The summed E-state index contributed by atoms with van der Waals surface area (Å²) in [5, 5.41) is 10.6. The van der Waals surface area contributed by atoms with Crippen LogP contribution in [-0.4, -0.2) is 60.2 Å². The minimum absolute atomic E-state index is 0.00329. The van der Waals surface area contributed by atoms with Crippen LogP contribution in [0, 0.1) is 0 Å². The summed E-state index contributed by atoms with van der Waals surface area (Å²) in [7, 11) is 4.13. The second kappa shape index (κ2) is 11.9. The quantitative estimate of drug-likeness (QED) is 0.206. The molecule has 9 heteroatoms. The number of ether oxygens (including phenoxy) is 1. The summed E-state index contributed by atoms with van der Waals surface area (Å²) in [4.78, 5) is 15.0. The van der Waals surface area contributed by atoms with Crippen molar-refractivity contribution in [3.8, 4) is 17.2 Å². The Kier molecular flexibility index (Phi) is 8.18. The van der Waals surface area contributed by atoms with Crippen molar-refractivity contribution in [1.29, 1.82) is 0 Å². The lowest BCUT2D eigenvalue weighted by Crippen LogP contribution is -2.60. The number of likely N-dealkylation sites (N-methyl/N-ethyl adjacent to an activating group) is 1. The van der Waals surface area contributed by atoms with E-state index in [9.17, 15) is 4.79 Å². The van der Waals surface area contributed by atoms with Gasteiger partial charge in [-0.05, 0) is 35.9 Å². The van der Waals surface area contributed by atoms with Crippen molar-refractivity contribution in [1.82, 2.24) is 10.2 Å². The van der Waals surface area contributed by atoms with E-state index in [1.165, 1.54) is 5.56 Å². The molecule has 39 heavy (non-hydrogen) atoms. The number of quaternary nitrogens is 1. The Morgan fingerprint density at radius 2 is 1.77 bits per heavy atom. The standard InChI is InChI=1S/C30H34N5O3S/c1-23(36)34-25-14-15-27(28(20-25)33(16-17-35(34,2)3)21-24-10-6-4-7-11-24)30-32-31-29(38-30)22-39-19-18-37-26-12-8-5-9-13-26/h4-15,20H,16-19,21-22H2,1-3H3/q+1. The summed E-state index contributed by atoms with van der Waals surface area (Å²) in [6.45, 7) is 4.46. The summed E-state index contributed by atoms with van der Waals surface area (Å²) in [6.07, 6.45) is 0. The van der Waals surface area contributed by atoms with Crippen molar-refractivity contribution >= 4 is 29.0 Å². The van der Waals surface area contributed by atoms with Gasteiger partial charge in [-0.3, -0.25) is 4.79 Å². The number of anilines is 2. The van der Waals surface area contributed by atoms with Crippen molar-refractivity contribution < 1.29 is 18.5 Å². The predicted octanol–water partition coefficient (Wildman–Crippen LogP) is 5.41. The summed E-state index contributed by atoms with van der Waals surface area (Å²) >= 11 is 1.69. The third-order valence-corrected chi connectivity index (χ3v) is 7.61. The van der Waals surface area contributed by atoms with Crippen molar-refractivity contribution in [3.05, 3.63) is 90.3 Å². The number of amides is 1. The molecular formula is C30H34N5O3S+. The van der Waals surface area contributed by atoms with Crippen molar-refractivity contribution in [2.75, 3.05) is 49.5 Å². The average molecular weight is 545 g/mol. The monoisotopic (exact) mass is 544 g/mol. The van der Waals surface area contributed by atoms with Crippen LogP contribution in [0.2, 0.25) is 0 Å². The van der Waals surface area contributed by atoms with Gasteiger partial charge in [-0.1, -0.05) is 48.5 Å². The summed E-state index contributed by atoms with van der Waals surface area (Å²) in [5.41, 5.74) is 3.89. The molecule has 1 amide bonds. The Labute approximate surface area is 233 Å². The molecule has 8 nitrogen and oxygen atoms in total. The topological polar surface area (TPSA) is 71.7 Å². The fourth-order valence-corrected chi connectivity index (χ4v) is 5.48. The number of carbonyl (C=O) groups is 1. The van der Waals surface area contributed by atoms with Crippen LogP contribution in [0.3, 0.4) is 0 Å². The molecule has 0 aliphatic carbocycles. The average Bonchev–Trinajstić information content (AvgIpc) is 3.40. The highest BCUT2D eigenvalue weighted by Crippen LogP contribution is 2.37. The van der Waals surface area contributed by atoms with Gasteiger partial charge in [0.1, 0.15) is 12.3 Å². The van der Waals surface area contributed by atoms with Crippen LogP contribution < -0.4 is 14.6 Å². The SMILES string of the molecule is CC(=O)N1c2ccc(-c3nnc(CSCCOc4ccccc4)o3)c(c2)N(Cc2ccccc2)CC[N+]1(C)C. The fourth-order valence-electron chi connectivity index (χ4n) is 4.84. The number of hydrogen-bond acceptors (Lipinski definition) is 7. The Bertz CT molecular complexity index is 1390. The highest BCUT2D eigenvalue weighted by Gasteiger charge is 2.34. The molecule has 1 aliphatic rings. The smallest absolute Gasteiger partial charge is 0.269 e. The molecule has 0 unspecified atom stereocenters.